The number of nitrogens with zero attached hydrogens (tertiary/aromatic N) is 1. The second kappa shape index (κ2) is 5.00. The third-order valence-electron chi connectivity index (χ3n) is 2.92. The van der Waals surface area contributed by atoms with Gasteiger partial charge >= 0.3 is 5.97 Å². The van der Waals surface area contributed by atoms with Crippen LogP contribution in [0.5, 0.6) is 0 Å². The fourth-order valence-electron chi connectivity index (χ4n) is 2.02. The van der Waals surface area contributed by atoms with Gasteiger partial charge in [-0.1, -0.05) is 18.2 Å². The average Bonchev–Trinajstić information content (AvgIpc) is 2.80. The third kappa shape index (κ3) is 2.11. The van der Waals surface area contributed by atoms with Crippen molar-refractivity contribution < 1.29 is 19.1 Å². The number of hydrogen-bond acceptors (Lipinski definition) is 4. The maximum atomic E-state index is 12.2. The topological polar surface area (TPSA) is 63.7 Å². The van der Waals surface area contributed by atoms with Crippen LogP contribution in [0.15, 0.2) is 30.3 Å². The van der Waals surface area contributed by atoms with E-state index in [9.17, 15) is 14.4 Å². The zero-order valence-corrected chi connectivity index (χ0v) is 9.96. The van der Waals surface area contributed by atoms with E-state index in [0.717, 1.165) is 4.90 Å². The molecule has 1 fully saturated rings. The molecule has 0 N–H and O–H groups in total. The summed E-state index contributed by atoms with van der Waals surface area (Å²) in [5.74, 6) is -1.34. The van der Waals surface area contributed by atoms with Crippen LogP contribution in [-0.4, -0.2) is 35.8 Å². The molecular formula is C13H13NO4. The molecule has 1 aliphatic rings. The summed E-state index contributed by atoms with van der Waals surface area (Å²) >= 11 is 0. The number of esters is 1. The summed E-state index contributed by atoms with van der Waals surface area (Å²) in [5, 5.41) is 0. The minimum Gasteiger partial charge on any atom is -0.467 e. The number of likely N-dealkylation sites (tertiary alicyclic amines) is 1. The molecule has 0 aliphatic carbocycles. The van der Waals surface area contributed by atoms with Gasteiger partial charge in [0.05, 0.1) is 7.11 Å². The molecule has 1 aromatic carbocycles. The lowest BCUT2D eigenvalue weighted by molar-refractivity contribution is -0.147. The van der Waals surface area contributed by atoms with Crippen molar-refractivity contribution in [2.45, 2.75) is 18.9 Å². The lowest BCUT2D eigenvalue weighted by atomic mass is 10.1. The molecule has 18 heavy (non-hydrogen) atoms. The van der Waals surface area contributed by atoms with Crippen molar-refractivity contribution >= 4 is 17.8 Å². The number of carbonyl (C=O) groups excluding carboxylic acids is 3. The summed E-state index contributed by atoms with van der Waals surface area (Å²) in [6.07, 6.45) is 0.516. The minimum atomic E-state index is -0.796. The lowest BCUT2D eigenvalue weighted by Gasteiger charge is -2.20. The van der Waals surface area contributed by atoms with Gasteiger partial charge in [-0.3, -0.25) is 14.5 Å². The summed E-state index contributed by atoms with van der Waals surface area (Å²) in [4.78, 5) is 36.4. The van der Waals surface area contributed by atoms with Gasteiger partial charge in [-0.2, -0.15) is 0 Å². The Labute approximate surface area is 104 Å². The van der Waals surface area contributed by atoms with Crippen LogP contribution in [0.25, 0.3) is 0 Å². The van der Waals surface area contributed by atoms with Gasteiger partial charge in [0, 0.05) is 12.0 Å². The Morgan fingerprint density at radius 3 is 2.56 bits per heavy atom. The highest BCUT2D eigenvalue weighted by atomic mass is 16.5. The quantitative estimate of drug-likeness (QED) is 0.577. The highest BCUT2D eigenvalue weighted by Gasteiger charge is 2.41. The van der Waals surface area contributed by atoms with Crippen LogP contribution < -0.4 is 0 Å². The Morgan fingerprint density at radius 2 is 1.94 bits per heavy atom. The molecule has 5 heteroatoms. The third-order valence-corrected chi connectivity index (χ3v) is 2.92. The van der Waals surface area contributed by atoms with Crippen molar-refractivity contribution in [3.63, 3.8) is 0 Å². The van der Waals surface area contributed by atoms with Crippen LogP contribution in [0.3, 0.4) is 0 Å². The summed E-state index contributed by atoms with van der Waals surface area (Å²) in [5.41, 5.74) is 0.390. The van der Waals surface area contributed by atoms with Gasteiger partial charge < -0.3 is 4.74 Å². The van der Waals surface area contributed by atoms with E-state index in [1.165, 1.54) is 7.11 Å². The standard InChI is InChI=1S/C13H13NO4/c1-18-13(17)10-7-8-11(15)14(10)12(16)9-5-3-2-4-6-9/h2-6,10H,7-8H2,1H3. The molecule has 0 saturated carbocycles. The van der Waals surface area contributed by atoms with E-state index >= 15 is 0 Å². The molecule has 1 aromatic rings. The van der Waals surface area contributed by atoms with E-state index in [2.05, 4.69) is 4.74 Å². The number of ether oxygens (including phenoxy) is 1. The first kappa shape index (κ1) is 12.3. The summed E-state index contributed by atoms with van der Waals surface area (Å²) in [6, 6.07) is 7.63. The maximum absolute atomic E-state index is 12.2. The fourth-order valence-corrected chi connectivity index (χ4v) is 2.02. The second-order valence-corrected chi connectivity index (χ2v) is 4.01. The minimum absolute atomic E-state index is 0.193. The van der Waals surface area contributed by atoms with Gasteiger partial charge in [-0.15, -0.1) is 0 Å². The van der Waals surface area contributed by atoms with Crippen molar-refractivity contribution in [3.8, 4) is 0 Å². The molecule has 1 heterocycles. The predicted molar refractivity (Wildman–Crippen MR) is 62.7 cm³/mol. The second-order valence-electron chi connectivity index (χ2n) is 4.01. The highest BCUT2D eigenvalue weighted by molar-refractivity contribution is 6.08. The summed E-state index contributed by atoms with van der Waals surface area (Å²) in [7, 11) is 1.25. The number of rotatable bonds is 2. The smallest absolute Gasteiger partial charge is 0.329 e. The van der Waals surface area contributed by atoms with Crippen LogP contribution in [-0.2, 0) is 14.3 Å². The van der Waals surface area contributed by atoms with E-state index in [4.69, 9.17) is 0 Å². The van der Waals surface area contributed by atoms with Gasteiger partial charge in [-0.05, 0) is 18.6 Å². The first-order valence-corrected chi connectivity index (χ1v) is 5.64. The van der Waals surface area contributed by atoms with Crippen molar-refractivity contribution in [2.75, 3.05) is 7.11 Å². The first-order chi connectivity index (χ1) is 8.65. The van der Waals surface area contributed by atoms with Crippen molar-refractivity contribution in [1.82, 2.24) is 4.90 Å². The van der Waals surface area contributed by atoms with Gasteiger partial charge in [0.2, 0.25) is 5.91 Å². The molecule has 0 aromatic heterocycles. The van der Waals surface area contributed by atoms with E-state index in [1.54, 1.807) is 30.3 Å². The van der Waals surface area contributed by atoms with Crippen LogP contribution in [0.1, 0.15) is 23.2 Å². The normalized spacial score (nSPS) is 18.8. The van der Waals surface area contributed by atoms with Gasteiger partial charge in [0.1, 0.15) is 6.04 Å². The molecule has 0 spiro atoms. The molecule has 2 rings (SSSR count). The number of amides is 2. The zero-order chi connectivity index (χ0) is 13.1. The van der Waals surface area contributed by atoms with Gasteiger partial charge in [0.25, 0.3) is 5.91 Å². The van der Waals surface area contributed by atoms with Crippen LogP contribution in [0.2, 0.25) is 0 Å². The van der Waals surface area contributed by atoms with E-state index in [1.807, 2.05) is 0 Å². The zero-order valence-electron chi connectivity index (χ0n) is 9.96. The largest absolute Gasteiger partial charge is 0.467 e. The molecular weight excluding hydrogens is 234 g/mol. The number of carbonyl (C=O) groups is 3. The van der Waals surface area contributed by atoms with E-state index < -0.39 is 17.9 Å². The molecule has 1 aliphatic heterocycles. The van der Waals surface area contributed by atoms with Crippen molar-refractivity contribution in [3.05, 3.63) is 35.9 Å². The Morgan fingerprint density at radius 1 is 1.28 bits per heavy atom. The number of imide groups is 1. The van der Waals surface area contributed by atoms with Crippen molar-refractivity contribution in [2.24, 2.45) is 0 Å². The Kier molecular flexibility index (Phi) is 3.41. The fraction of sp³-hybridized carbons (Fsp3) is 0.308. The molecule has 2 amide bonds. The van der Waals surface area contributed by atoms with Crippen LogP contribution >= 0.6 is 0 Å². The SMILES string of the molecule is COC(=O)C1CCC(=O)N1C(=O)c1ccccc1. The molecule has 0 bridgehead atoms. The Bertz CT molecular complexity index is 483. The molecule has 1 saturated heterocycles. The molecule has 1 atom stereocenters. The molecule has 1 unspecified atom stereocenters. The van der Waals surface area contributed by atoms with Crippen molar-refractivity contribution in [1.29, 1.82) is 0 Å². The van der Waals surface area contributed by atoms with Crippen LogP contribution in [0.4, 0.5) is 0 Å². The van der Waals surface area contributed by atoms with E-state index in [0.29, 0.717) is 12.0 Å². The monoisotopic (exact) mass is 247 g/mol. The van der Waals surface area contributed by atoms with E-state index in [-0.39, 0.29) is 12.3 Å². The molecule has 5 nitrogen and oxygen atoms in total. The number of hydrogen-bond donors (Lipinski definition) is 0. The van der Waals surface area contributed by atoms with Crippen LogP contribution in [0, 0.1) is 0 Å². The lowest BCUT2D eigenvalue weighted by Crippen LogP contribution is -2.43. The van der Waals surface area contributed by atoms with Gasteiger partial charge in [0.15, 0.2) is 0 Å². The summed E-state index contributed by atoms with van der Waals surface area (Å²) < 4.78 is 4.61. The molecule has 94 valence electrons. The predicted octanol–water partition coefficient (Wildman–Crippen LogP) is 0.991. The maximum Gasteiger partial charge on any atom is 0.329 e. The summed E-state index contributed by atoms with van der Waals surface area (Å²) in [6.45, 7) is 0. The Balaban J connectivity index is 2.27. The number of benzene rings is 1. The first-order valence-electron chi connectivity index (χ1n) is 5.64. The number of methoxy groups -OCH3 is 1. The average molecular weight is 247 g/mol. The van der Waals surface area contributed by atoms with Gasteiger partial charge in [-0.25, -0.2) is 4.79 Å². The Hall–Kier alpha value is -2.17. The molecule has 0 radical (unpaired) electrons. The highest BCUT2D eigenvalue weighted by Crippen LogP contribution is 2.22.